The Morgan fingerprint density at radius 1 is 0.388 bits per heavy atom. The lowest BCUT2D eigenvalue weighted by molar-refractivity contribution is -0.870. The SMILES string of the molecule is CC/C=C\C/C=C\C/C=C\C/C=C\C/C=C\C/C=C\C/C=C\C/C=C\C/C=C\CCCCCCCCCC(=O)OC(COC(=O)CCCCCCCCCC/C=C\C/C=C\C/C=C\C/C=C\CC)COP(=O)([O-])OCC[N+](C)(C)C. The summed E-state index contributed by atoms with van der Waals surface area (Å²) < 4.78 is 34.2. The second-order valence-electron chi connectivity index (χ2n) is 21.3. The number of hydrogen-bond acceptors (Lipinski definition) is 8. The monoisotopic (exact) mass is 1130 g/mol. The summed E-state index contributed by atoms with van der Waals surface area (Å²) in [6.45, 7) is 3.97. The van der Waals surface area contributed by atoms with Crippen LogP contribution in [0.1, 0.15) is 219 Å². The molecule has 0 aliphatic rings. The average Bonchev–Trinajstić information content (AvgIpc) is 3.42. The van der Waals surface area contributed by atoms with Gasteiger partial charge in [-0.3, -0.25) is 14.2 Å². The summed E-state index contributed by atoms with van der Waals surface area (Å²) in [5.41, 5.74) is 0. The van der Waals surface area contributed by atoms with E-state index >= 15 is 0 Å². The average molecular weight is 1130 g/mol. The summed E-state index contributed by atoms with van der Waals surface area (Å²) >= 11 is 0. The maximum atomic E-state index is 12.8. The van der Waals surface area contributed by atoms with E-state index < -0.39 is 32.5 Å². The lowest BCUT2D eigenvalue weighted by Crippen LogP contribution is -2.37. The number of carbonyl (C=O) groups excluding carboxylic acids is 2. The van der Waals surface area contributed by atoms with Crippen molar-refractivity contribution in [2.45, 2.75) is 225 Å². The van der Waals surface area contributed by atoms with Gasteiger partial charge in [-0.15, -0.1) is 0 Å². The highest BCUT2D eigenvalue weighted by Gasteiger charge is 2.22. The van der Waals surface area contributed by atoms with Gasteiger partial charge in [0.05, 0.1) is 27.7 Å². The molecule has 10 heteroatoms. The van der Waals surface area contributed by atoms with Crippen LogP contribution in [-0.4, -0.2) is 70.0 Å². The molecule has 0 aromatic rings. The number of likely N-dealkylation sites (N-methyl/N-ethyl adjacent to an activating group) is 1. The van der Waals surface area contributed by atoms with E-state index in [1.807, 2.05) is 21.1 Å². The molecule has 0 fully saturated rings. The molecule has 0 aliphatic carbocycles. The van der Waals surface area contributed by atoms with Crippen LogP contribution in [0, 0.1) is 0 Å². The zero-order valence-corrected chi connectivity index (χ0v) is 52.1. The van der Waals surface area contributed by atoms with E-state index in [2.05, 4.69) is 172 Å². The maximum absolute atomic E-state index is 12.8. The van der Waals surface area contributed by atoms with Gasteiger partial charge in [-0.1, -0.05) is 242 Å². The number of unbranched alkanes of at least 4 members (excludes halogenated alkanes) is 15. The minimum atomic E-state index is -4.66. The topological polar surface area (TPSA) is 111 Å². The van der Waals surface area contributed by atoms with Crippen molar-refractivity contribution in [1.29, 1.82) is 0 Å². The van der Waals surface area contributed by atoms with Gasteiger partial charge in [0, 0.05) is 12.8 Å². The molecule has 0 radical (unpaired) electrons. The van der Waals surface area contributed by atoms with Crippen molar-refractivity contribution in [3.63, 3.8) is 0 Å². The Balaban J connectivity index is 4.21. The van der Waals surface area contributed by atoms with E-state index in [-0.39, 0.29) is 26.1 Å². The largest absolute Gasteiger partial charge is 0.756 e. The van der Waals surface area contributed by atoms with Gasteiger partial charge in [0.2, 0.25) is 0 Å². The fourth-order valence-corrected chi connectivity index (χ4v) is 8.54. The van der Waals surface area contributed by atoms with Gasteiger partial charge in [0.1, 0.15) is 19.8 Å². The van der Waals surface area contributed by atoms with Crippen molar-refractivity contribution in [2.75, 3.05) is 47.5 Å². The van der Waals surface area contributed by atoms with E-state index in [4.69, 9.17) is 18.5 Å². The zero-order chi connectivity index (χ0) is 58.4. The molecular formula is C70H114NO8P. The van der Waals surface area contributed by atoms with Gasteiger partial charge in [-0.05, 0) is 122 Å². The van der Waals surface area contributed by atoms with Crippen molar-refractivity contribution in [3.8, 4) is 0 Å². The molecule has 0 amide bonds. The third kappa shape index (κ3) is 62.8. The Bertz CT molecular complexity index is 1900. The van der Waals surface area contributed by atoms with Crippen LogP contribution in [0.3, 0.4) is 0 Å². The summed E-state index contributed by atoms with van der Waals surface area (Å²) in [7, 11) is 1.13. The predicted octanol–water partition coefficient (Wildman–Crippen LogP) is 19.4. The minimum Gasteiger partial charge on any atom is -0.756 e. The summed E-state index contributed by atoms with van der Waals surface area (Å²) in [4.78, 5) is 37.9. The van der Waals surface area contributed by atoms with Gasteiger partial charge >= 0.3 is 11.9 Å². The molecular weight excluding hydrogens is 1010 g/mol. The van der Waals surface area contributed by atoms with Crippen LogP contribution in [0.4, 0.5) is 0 Å². The number of nitrogens with zero attached hydrogens (tertiary/aromatic N) is 1. The molecule has 9 nitrogen and oxygen atoms in total. The van der Waals surface area contributed by atoms with Crippen molar-refractivity contribution in [2.24, 2.45) is 0 Å². The number of carbonyl (C=O) groups is 2. The Labute approximate surface area is 490 Å². The molecule has 0 spiro atoms. The number of hydrogen-bond donors (Lipinski definition) is 0. The van der Waals surface area contributed by atoms with Gasteiger partial charge in [-0.2, -0.15) is 0 Å². The summed E-state index contributed by atoms with van der Waals surface area (Å²) in [6.07, 6.45) is 88.6. The first kappa shape index (κ1) is 75.6. The van der Waals surface area contributed by atoms with Crippen molar-refractivity contribution >= 4 is 19.8 Å². The van der Waals surface area contributed by atoms with Crippen molar-refractivity contribution in [1.82, 2.24) is 0 Å². The van der Waals surface area contributed by atoms with E-state index in [0.717, 1.165) is 141 Å². The van der Waals surface area contributed by atoms with Crippen LogP contribution >= 0.6 is 7.82 Å². The van der Waals surface area contributed by atoms with E-state index in [0.29, 0.717) is 23.9 Å². The zero-order valence-electron chi connectivity index (χ0n) is 51.2. The first-order valence-corrected chi connectivity index (χ1v) is 32.7. The standard InChI is InChI=1S/C70H114NO8P/c1-6-8-10-12-14-16-18-20-22-24-26-28-29-30-31-32-33-34-35-36-37-38-39-40-41-43-45-47-49-51-53-55-57-59-61-63-70(73)79-68(67-78-80(74,75)77-65-64-71(3,4)5)66-76-69(72)62-60-58-56-54-52-50-48-46-44-42-27-25-23-21-19-17-15-13-11-9-7-2/h8-11,14-17,20-23,26-28,30-31,33-34,36-37,39-40,42-43,45,68H,6-7,12-13,18-19,24-25,29,32,35,38,41,44,46-67H2,1-5H3/b10-8-,11-9-,16-14-,17-15-,22-20-,23-21-,28-26-,31-30-,34-33-,37-36-,40-39-,42-27-,45-43-. The number of ether oxygens (including phenoxy) is 2. The highest BCUT2D eigenvalue weighted by Crippen LogP contribution is 2.38. The van der Waals surface area contributed by atoms with Gasteiger partial charge in [-0.25, -0.2) is 0 Å². The van der Waals surface area contributed by atoms with E-state index in [1.165, 1.54) is 38.5 Å². The number of phosphoric acid groups is 1. The molecule has 80 heavy (non-hydrogen) atoms. The van der Waals surface area contributed by atoms with Crippen molar-refractivity contribution in [3.05, 3.63) is 158 Å². The Morgan fingerprint density at radius 3 is 1.00 bits per heavy atom. The van der Waals surface area contributed by atoms with Crippen LogP contribution in [0.15, 0.2) is 158 Å². The Kier molecular flexibility index (Phi) is 56.0. The predicted molar refractivity (Wildman–Crippen MR) is 341 cm³/mol. The molecule has 0 aromatic carbocycles. The molecule has 2 atom stereocenters. The number of allylic oxidation sites excluding steroid dienone is 26. The third-order valence-corrected chi connectivity index (χ3v) is 13.5. The quantitative estimate of drug-likeness (QED) is 0.0195. The molecule has 0 N–H and O–H groups in total. The third-order valence-electron chi connectivity index (χ3n) is 12.5. The van der Waals surface area contributed by atoms with Gasteiger partial charge in [0.15, 0.2) is 6.10 Å². The van der Waals surface area contributed by atoms with Crippen LogP contribution in [0.2, 0.25) is 0 Å². The number of quaternary nitrogens is 1. The molecule has 0 rings (SSSR count). The summed E-state index contributed by atoms with van der Waals surface area (Å²) in [5, 5.41) is 0. The fraction of sp³-hybridized carbons (Fsp3) is 0.600. The Hall–Kier alpha value is -4.37. The normalized spacial score (nSPS) is 14.3. The smallest absolute Gasteiger partial charge is 0.306 e. The number of phosphoric ester groups is 1. The van der Waals surface area contributed by atoms with Crippen LogP contribution < -0.4 is 4.89 Å². The first-order valence-electron chi connectivity index (χ1n) is 31.2. The highest BCUT2D eigenvalue weighted by molar-refractivity contribution is 7.45. The lowest BCUT2D eigenvalue weighted by atomic mass is 10.1. The molecule has 0 aromatic heterocycles. The molecule has 0 bridgehead atoms. The number of esters is 2. The second-order valence-corrected chi connectivity index (χ2v) is 22.7. The highest BCUT2D eigenvalue weighted by atomic mass is 31.2. The van der Waals surface area contributed by atoms with Gasteiger partial charge in [0.25, 0.3) is 7.82 Å². The molecule has 2 unspecified atom stereocenters. The fourth-order valence-electron chi connectivity index (χ4n) is 7.82. The number of rotatable bonds is 55. The van der Waals surface area contributed by atoms with Crippen LogP contribution in [0.5, 0.6) is 0 Å². The van der Waals surface area contributed by atoms with Crippen molar-refractivity contribution < 1.29 is 42.1 Å². The lowest BCUT2D eigenvalue weighted by Gasteiger charge is -2.28. The molecule has 452 valence electrons. The molecule has 0 aliphatic heterocycles. The van der Waals surface area contributed by atoms with Crippen LogP contribution in [0.25, 0.3) is 0 Å². The van der Waals surface area contributed by atoms with E-state index in [1.54, 1.807) is 0 Å². The summed E-state index contributed by atoms with van der Waals surface area (Å²) in [5.74, 6) is -0.867. The maximum Gasteiger partial charge on any atom is 0.306 e. The Morgan fingerprint density at radius 2 is 0.675 bits per heavy atom. The molecule has 0 saturated carbocycles. The van der Waals surface area contributed by atoms with Crippen LogP contribution in [-0.2, 0) is 32.7 Å². The van der Waals surface area contributed by atoms with E-state index in [9.17, 15) is 19.0 Å². The second kappa shape index (κ2) is 59.3. The molecule has 0 saturated heterocycles. The summed E-state index contributed by atoms with van der Waals surface area (Å²) in [6, 6.07) is 0. The first-order chi connectivity index (χ1) is 39.0. The van der Waals surface area contributed by atoms with Gasteiger partial charge < -0.3 is 27.9 Å². The molecule has 0 heterocycles. The minimum absolute atomic E-state index is 0.0436.